The summed E-state index contributed by atoms with van der Waals surface area (Å²) in [6, 6.07) is 21.2. The van der Waals surface area contributed by atoms with E-state index in [-0.39, 0.29) is 10.8 Å². The molecule has 3 atom stereocenters. The molecule has 0 saturated carbocycles. The van der Waals surface area contributed by atoms with Gasteiger partial charge in [-0.3, -0.25) is 4.79 Å². The van der Waals surface area contributed by atoms with E-state index in [9.17, 15) is 4.79 Å². The molecule has 4 heteroatoms. The number of ether oxygens (including phenoxy) is 1. The number of fused-ring (bicyclic) bond motifs is 1. The van der Waals surface area contributed by atoms with Gasteiger partial charge in [-0.15, -0.1) is 0 Å². The van der Waals surface area contributed by atoms with Gasteiger partial charge < -0.3 is 9.16 Å². The average Bonchev–Trinajstić information content (AvgIpc) is 3.41. The van der Waals surface area contributed by atoms with Crippen molar-refractivity contribution in [2.75, 3.05) is 0 Å². The number of carbonyl (C=O) groups is 1. The quantitative estimate of drug-likeness (QED) is 0.301. The van der Waals surface area contributed by atoms with Crippen LogP contribution in [0.3, 0.4) is 0 Å². The molecule has 1 fully saturated rings. The van der Waals surface area contributed by atoms with E-state index in [1.807, 2.05) is 6.92 Å². The maximum absolute atomic E-state index is 13.6. The zero-order valence-corrected chi connectivity index (χ0v) is 22.6. The zero-order chi connectivity index (χ0) is 24.6. The molecule has 0 bridgehead atoms. The Morgan fingerprint density at radius 3 is 2.06 bits per heavy atom. The van der Waals surface area contributed by atoms with Gasteiger partial charge in [-0.1, -0.05) is 107 Å². The van der Waals surface area contributed by atoms with Crippen LogP contribution in [0.15, 0.2) is 72.8 Å². The van der Waals surface area contributed by atoms with E-state index < -0.39 is 19.7 Å². The van der Waals surface area contributed by atoms with Crippen molar-refractivity contribution in [3.63, 3.8) is 0 Å². The third kappa shape index (κ3) is 4.25. The summed E-state index contributed by atoms with van der Waals surface area (Å²) in [7, 11) is -2.84. The van der Waals surface area contributed by atoms with Crippen LogP contribution >= 0.6 is 0 Å². The number of hydrogen-bond donors (Lipinski definition) is 0. The molecule has 0 radical (unpaired) electrons. The van der Waals surface area contributed by atoms with E-state index in [1.54, 1.807) is 0 Å². The van der Waals surface area contributed by atoms with Crippen molar-refractivity contribution >= 4 is 24.5 Å². The minimum atomic E-state index is -2.84. The molecule has 4 rings (SSSR count). The van der Waals surface area contributed by atoms with Crippen LogP contribution in [0, 0.1) is 11.8 Å². The topological polar surface area (TPSA) is 38.8 Å². The fourth-order valence-electron chi connectivity index (χ4n) is 5.66. The van der Waals surface area contributed by atoms with Gasteiger partial charge in [0.15, 0.2) is 17.2 Å². The molecule has 1 aliphatic carbocycles. The minimum absolute atomic E-state index is 0.172. The Balaban J connectivity index is 1.82. The first-order valence-corrected chi connectivity index (χ1v) is 14.7. The van der Waals surface area contributed by atoms with Crippen molar-refractivity contribution in [3.05, 3.63) is 72.8 Å². The Kier molecular flexibility index (Phi) is 6.80. The second-order valence-electron chi connectivity index (χ2n) is 11.5. The lowest BCUT2D eigenvalue weighted by Gasteiger charge is -2.45. The number of ketones is 1. The summed E-state index contributed by atoms with van der Waals surface area (Å²) in [5, 5.41) is 2.25. The summed E-state index contributed by atoms with van der Waals surface area (Å²) in [6.07, 6.45) is 7.49. The van der Waals surface area contributed by atoms with Gasteiger partial charge in [0.1, 0.15) is 0 Å². The predicted octanol–water partition coefficient (Wildman–Crippen LogP) is 6.02. The van der Waals surface area contributed by atoms with Gasteiger partial charge in [0, 0.05) is 12.8 Å². The highest BCUT2D eigenvalue weighted by Crippen LogP contribution is 2.57. The highest BCUT2D eigenvalue weighted by Gasteiger charge is 2.75. The number of rotatable bonds is 5. The molecule has 2 aliphatic rings. The number of allylic oxidation sites excluding steroid dienone is 2. The lowest BCUT2D eigenvalue weighted by Crippen LogP contribution is -2.69. The van der Waals surface area contributed by atoms with Crippen molar-refractivity contribution in [3.8, 4) is 0 Å². The Hall–Kier alpha value is -2.01. The van der Waals surface area contributed by atoms with Crippen LogP contribution in [0.2, 0.25) is 5.04 Å². The number of benzene rings is 2. The van der Waals surface area contributed by atoms with E-state index in [2.05, 4.69) is 107 Å². The largest absolute Gasteiger partial charge is 0.378 e. The lowest BCUT2D eigenvalue weighted by atomic mass is 9.85. The summed E-state index contributed by atoms with van der Waals surface area (Å²) < 4.78 is 13.9. The standard InChI is InChI=1S/C30H40O3Si/c1-23(2)24-15-13-14-22-30(29(6,32-30)27(31)21-20-24)33-34(28(3,4)5,25-16-9-7-10-17-25)26-18-11-8-12-19-26/h7-13,15-19,23-24H,14,20-22H2,1-6H3/t24-,29-,30-/m0/s1. The predicted molar refractivity (Wildman–Crippen MR) is 142 cm³/mol. The average molecular weight is 477 g/mol. The summed E-state index contributed by atoms with van der Waals surface area (Å²) in [5.41, 5.74) is -0.896. The molecule has 0 N–H and O–H groups in total. The molecule has 1 saturated heterocycles. The fraction of sp³-hybridized carbons (Fsp3) is 0.500. The van der Waals surface area contributed by atoms with E-state index in [0.29, 0.717) is 24.7 Å². The van der Waals surface area contributed by atoms with Crippen molar-refractivity contribution in [1.82, 2.24) is 0 Å². The van der Waals surface area contributed by atoms with Gasteiger partial charge in [0.05, 0.1) is 0 Å². The molecule has 0 spiro atoms. The van der Waals surface area contributed by atoms with Crippen LogP contribution < -0.4 is 10.4 Å². The van der Waals surface area contributed by atoms with E-state index >= 15 is 0 Å². The van der Waals surface area contributed by atoms with Gasteiger partial charge in [0.2, 0.25) is 0 Å². The first kappa shape index (κ1) is 25.1. The van der Waals surface area contributed by atoms with Gasteiger partial charge in [-0.2, -0.15) is 0 Å². The molecule has 0 aromatic heterocycles. The van der Waals surface area contributed by atoms with Crippen molar-refractivity contribution in [2.45, 2.75) is 83.7 Å². The van der Waals surface area contributed by atoms with Gasteiger partial charge >= 0.3 is 0 Å². The van der Waals surface area contributed by atoms with Crippen LogP contribution in [-0.2, 0) is 14.0 Å². The summed E-state index contributed by atoms with van der Waals surface area (Å²) >= 11 is 0. The van der Waals surface area contributed by atoms with Crippen LogP contribution in [0.25, 0.3) is 0 Å². The highest BCUT2D eigenvalue weighted by molar-refractivity contribution is 6.99. The molecule has 2 aromatic carbocycles. The zero-order valence-electron chi connectivity index (χ0n) is 21.6. The molecule has 34 heavy (non-hydrogen) atoms. The fourth-order valence-corrected chi connectivity index (χ4v) is 10.4. The van der Waals surface area contributed by atoms with E-state index in [4.69, 9.17) is 9.16 Å². The van der Waals surface area contributed by atoms with Crippen molar-refractivity contribution in [1.29, 1.82) is 0 Å². The Morgan fingerprint density at radius 1 is 1.00 bits per heavy atom. The molecule has 1 aliphatic heterocycles. The summed E-state index contributed by atoms with van der Waals surface area (Å²) in [5.74, 6) is 0.224. The van der Waals surface area contributed by atoms with E-state index in [0.717, 1.165) is 12.8 Å². The number of epoxide rings is 1. The molecule has 2 aromatic rings. The van der Waals surface area contributed by atoms with Crippen LogP contribution in [0.5, 0.6) is 0 Å². The van der Waals surface area contributed by atoms with Gasteiger partial charge in [0.25, 0.3) is 8.32 Å². The minimum Gasteiger partial charge on any atom is -0.378 e. The normalized spacial score (nSPS) is 28.0. The van der Waals surface area contributed by atoms with Crippen LogP contribution in [0.1, 0.15) is 67.2 Å². The summed E-state index contributed by atoms with van der Waals surface area (Å²) in [4.78, 5) is 13.6. The van der Waals surface area contributed by atoms with Gasteiger partial charge in [-0.25, -0.2) is 0 Å². The molecule has 1 heterocycles. The van der Waals surface area contributed by atoms with Crippen LogP contribution in [0.4, 0.5) is 0 Å². The number of hydrogen-bond acceptors (Lipinski definition) is 3. The third-order valence-corrected chi connectivity index (χ3v) is 12.9. The molecule has 182 valence electrons. The number of Topliss-reactive ketones (excluding diaryl/α,β-unsaturated/α-hetero) is 1. The Morgan fingerprint density at radius 2 is 1.56 bits per heavy atom. The number of carbonyl (C=O) groups excluding carboxylic acids is 1. The first-order valence-electron chi connectivity index (χ1n) is 12.8. The highest BCUT2D eigenvalue weighted by atomic mass is 28.4. The van der Waals surface area contributed by atoms with E-state index in [1.165, 1.54) is 10.4 Å². The molecule has 3 nitrogen and oxygen atoms in total. The second-order valence-corrected chi connectivity index (χ2v) is 15.7. The van der Waals surface area contributed by atoms with Crippen LogP contribution in [-0.4, -0.2) is 25.5 Å². The van der Waals surface area contributed by atoms with Crippen molar-refractivity contribution in [2.24, 2.45) is 11.8 Å². The molecule has 0 amide bonds. The molecule has 0 unspecified atom stereocenters. The second kappa shape index (κ2) is 9.22. The Labute approximate surface area is 206 Å². The first-order chi connectivity index (χ1) is 16.1. The molecular weight excluding hydrogens is 436 g/mol. The maximum atomic E-state index is 13.6. The van der Waals surface area contributed by atoms with Crippen molar-refractivity contribution < 1.29 is 14.0 Å². The SMILES string of the molecule is CC(C)[C@H]1C=CCC[C@@]2(O[Si](c3ccccc3)(c3ccccc3)C(C)(C)C)O[C@@]2(C)C(=O)CC1. The summed E-state index contributed by atoms with van der Waals surface area (Å²) in [6.45, 7) is 13.2. The third-order valence-electron chi connectivity index (χ3n) is 7.91. The smallest absolute Gasteiger partial charge is 0.265 e. The Bertz CT molecular complexity index is 985. The molecular formula is C30H40O3Si. The maximum Gasteiger partial charge on any atom is 0.265 e. The van der Waals surface area contributed by atoms with Gasteiger partial charge in [-0.05, 0) is 47.0 Å². The lowest BCUT2D eigenvalue weighted by molar-refractivity contribution is -0.124. The monoisotopic (exact) mass is 476 g/mol.